The second-order valence-electron chi connectivity index (χ2n) is 15.3. The van der Waals surface area contributed by atoms with Crippen molar-refractivity contribution in [3.8, 4) is 0 Å². The van der Waals surface area contributed by atoms with Crippen molar-refractivity contribution < 1.29 is 18.0 Å². The van der Waals surface area contributed by atoms with Crippen LogP contribution in [-0.4, -0.2) is 43.8 Å². The largest absolute Gasteiger partial charge is 0.545 e. The van der Waals surface area contributed by atoms with Crippen LogP contribution in [0.15, 0.2) is 42.2 Å². The molecule has 0 amide bonds. The third-order valence-electron chi connectivity index (χ3n) is 9.20. The molecule has 3 atom stereocenters. The van der Waals surface area contributed by atoms with Crippen LogP contribution in [0.1, 0.15) is 74.0 Å². The van der Waals surface area contributed by atoms with Crippen LogP contribution in [-0.2, 0) is 18.0 Å². The monoisotopic (exact) mass is 564 g/mol. The van der Waals surface area contributed by atoms with Crippen molar-refractivity contribution in [3.05, 3.63) is 47.7 Å². The van der Waals surface area contributed by atoms with Crippen molar-refractivity contribution in [2.75, 3.05) is 6.61 Å². The average molecular weight is 565 g/mol. The molecule has 0 aliphatic carbocycles. The summed E-state index contributed by atoms with van der Waals surface area (Å²) < 4.78 is 27.8. The zero-order valence-electron chi connectivity index (χ0n) is 26.5. The van der Waals surface area contributed by atoms with Crippen molar-refractivity contribution in [1.29, 1.82) is 0 Å². The van der Waals surface area contributed by atoms with E-state index in [0.717, 1.165) is 11.3 Å². The van der Waals surface area contributed by atoms with E-state index >= 15 is 0 Å². The lowest BCUT2D eigenvalue weighted by molar-refractivity contribution is -0.0907. The van der Waals surface area contributed by atoms with Crippen LogP contribution >= 0.6 is 0 Å². The Morgan fingerprint density at radius 3 is 1.65 bits per heavy atom. The topological polar surface area (TPSA) is 36.9 Å². The number of hydrogen-bond donors (Lipinski definition) is 0. The molecule has 1 aromatic rings. The quantitative estimate of drug-likeness (QED) is 0.295. The molecule has 1 aliphatic heterocycles. The molecular formula is C30H56O4Si3. The van der Waals surface area contributed by atoms with Gasteiger partial charge in [-0.1, -0.05) is 92.6 Å². The minimum absolute atomic E-state index is 0.0657. The molecule has 212 valence electrons. The van der Waals surface area contributed by atoms with Gasteiger partial charge in [0, 0.05) is 0 Å². The lowest BCUT2D eigenvalue weighted by Crippen LogP contribution is -2.54. The molecule has 37 heavy (non-hydrogen) atoms. The van der Waals surface area contributed by atoms with E-state index in [1.54, 1.807) is 0 Å². The first-order chi connectivity index (χ1) is 16.5. The predicted octanol–water partition coefficient (Wildman–Crippen LogP) is 9.44. The van der Waals surface area contributed by atoms with E-state index in [1.807, 2.05) is 6.07 Å². The van der Waals surface area contributed by atoms with Gasteiger partial charge in [0.15, 0.2) is 16.6 Å². The fraction of sp³-hybridized carbons (Fsp3) is 0.733. The molecule has 0 unspecified atom stereocenters. The van der Waals surface area contributed by atoms with Gasteiger partial charge in [-0.05, 0) is 66.0 Å². The summed E-state index contributed by atoms with van der Waals surface area (Å²) in [6, 6.07) is 10.4. The van der Waals surface area contributed by atoms with Crippen molar-refractivity contribution >= 4 is 25.0 Å². The van der Waals surface area contributed by atoms with Crippen LogP contribution in [0.4, 0.5) is 0 Å². The SMILES string of the molecule is CC(C)(C)[Si](C)(C)OC[C@H]1O[C@H](c2ccccc2)C=C(O[Si](C)(C)C(C)(C)C)[C@H]1O[Si](C)(C)C(C)(C)C. The molecule has 7 heteroatoms. The van der Waals surface area contributed by atoms with Gasteiger partial charge in [0.2, 0.25) is 8.32 Å². The Bertz CT molecular complexity index is 919. The molecule has 1 heterocycles. The number of rotatable bonds is 8. The van der Waals surface area contributed by atoms with Gasteiger partial charge in [0.1, 0.15) is 24.1 Å². The van der Waals surface area contributed by atoms with Crippen LogP contribution in [0.2, 0.25) is 54.4 Å². The van der Waals surface area contributed by atoms with Gasteiger partial charge >= 0.3 is 0 Å². The van der Waals surface area contributed by atoms with Crippen molar-refractivity contribution in [2.24, 2.45) is 0 Å². The van der Waals surface area contributed by atoms with E-state index in [4.69, 9.17) is 18.0 Å². The first-order valence-corrected chi connectivity index (χ1v) is 22.6. The number of benzene rings is 1. The Labute approximate surface area is 231 Å². The Morgan fingerprint density at radius 1 is 0.703 bits per heavy atom. The highest BCUT2D eigenvalue weighted by molar-refractivity contribution is 6.75. The second kappa shape index (κ2) is 11.0. The molecular weight excluding hydrogens is 509 g/mol. The molecule has 0 bridgehead atoms. The van der Waals surface area contributed by atoms with Crippen LogP contribution in [0, 0.1) is 0 Å². The Morgan fingerprint density at radius 2 is 1.19 bits per heavy atom. The van der Waals surface area contributed by atoms with E-state index in [-0.39, 0.29) is 33.4 Å². The first kappa shape index (κ1) is 32.5. The van der Waals surface area contributed by atoms with Crippen molar-refractivity contribution in [2.45, 2.75) is 135 Å². The third kappa shape index (κ3) is 7.92. The fourth-order valence-corrected chi connectivity index (χ4v) is 6.70. The predicted molar refractivity (Wildman–Crippen MR) is 166 cm³/mol. The maximum absolute atomic E-state index is 7.14. The molecule has 1 aliphatic rings. The Balaban J connectivity index is 2.60. The molecule has 2 rings (SSSR count). The molecule has 0 radical (unpaired) electrons. The van der Waals surface area contributed by atoms with Gasteiger partial charge < -0.3 is 18.0 Å². The molecule has 0 aromatic heterocycles. The highest BCUT2D eigenvalue weighted by Crippen LogP contribution is 2.45. The first-order valence-electron chi connectivity index (χ1n) is 13.9. The lowest BCUT2D eigenvalue weighted by atomic mass is 10.0. The van der Waals surface area contributed by atoms with Gasteiger partial charge in [-0.2, -0.15) is 0 Å². The van der Waals surface area contributed by atoms with Crippen LogP contribution < -0.4 is 0 Å². The van der Waals surface area contributed by atoms with E-state index in [2.05, 4.69) is 132 Å². The standard InChI is InChI=1S/C30H56O4Si3/c1-28(2,3)35(10,11)31-22-26-27(34-37(14,15)30(7,8)9)25(33-36(12,13)29(4,5)6)21-24(32-26)23-19-17-16-18-20-23/h16-21,24,26-27H,22H2,1-15H3/t24-,26+,27+/m0/s1. The number of ether oxygens (including phenoxy) is 1. The van der Waals surface area contributed by atoms with Gasteiger partial charge in [0.05, 0.1) is 6.61 Å². The van der Waals surface area contributed by atoms with Gasteiger partial charge in [-0.15, -0.1) is 0 Å². The molecule has 0 spiro atoms. The van der Waals surface area contributed by atoms with Gasteiger partial charge in [0.25, 0.3) is 0 Å². The van der Waals surface area contributed by atoms with E-state index in [0.29, 0.717) is 6.61 Å². The lowest BCUT2D eigenvalue weighted by Gasteiger charge is -2.47. The Kier molecular flexibility index (Phi) is 9.70. The number of hydrogen-bond acceptors (Lipinski definition) is 4. The summed E-state index contributed by atoms with van der Waals surface area (Å²) in [4.78, 5) is 0. The van der Waals surface area contributed by atoms with Crippen LogP contribution in [0.3, 0.4) is 0 Å². The van der Waals surface area contributed by atoms with E-state index in [9.17, 15) is 0 Å². The summed E-state index contributed by atoms with van der Waals surface area (Å²) in [5.74, 6) is 0.931. The molecule has 0 saturated heterocycles. The van der Waals surface area contributed by atoms with Gasteiger partial charge in [-0.3, -0.25) is 0 Å². The summed E-state index contributed by atoms with van der Waals surface area (Å²) in [5, 5.41) is 0.256. The van der Waals surface area contributed by atoms with Crippen LogP contribution in [0.5, 0.6) is 0 Å². The van der Waals surface area contributed by atoms with E-state index in [1.165, 1.54) is 0 Å². The van der Waals surface area contributed by atoms with E-state index < -0.39 is 25.0 Å². The molecule has 0 saturated carbocycles. The zero-order chi connectivity index (χ0) is 28.7. The van der Waals surface area contributed by atoms with Crippen molar-refractivity contribution in [1.82, 2.24) is 0 Å². The summed E-state index contributed by atoms with van der Waals surface area (Å²) in [5.41, 5.74) is 1.13. The molecule has 0 fully saturated rings. The molecule has 0 N–H and O–H groups in total. The maximum atomic E-state index is 7.14. The summed E-state index contributed by atoms with van der Waals surface area (Å²) in [6.07, 6.45) is 1.43. The summed E-state index contributed by atoms with van der Waals surface area (Å²) >= 11 is 0. The summed E-state index contributed by atoms with van der Waals surface area (Å²) in [7, 11) is -6.25. The Hall–Kier alpha value is -0.709. The summed E-state index contributed by atoms with van der Waals surface area (Å²) in [6.45, 7) is 34.9. The fourth-order valence-electron chi connectivity index (χ4n) is 3.35. The smallest absolute Gasteiger partial charge is 0.250 e. The highest BCUT2D eigenvalue weighted by atomic mass is 28.4. The van der Waals surface area contributed by atoms with Gasteiger partial charge in [-0.25, -0.2) is 0 Å². The normalized spacial score (nSPS) is 22.6. The highest BCUT2D eigenvalue weighted by Gasteiger charge is 2.48. The second-order valence-corrected chi connectivity index (χ2v) is 29.6. The minimum Gasteiger partial charge on any atom is -0.545 e. The zero-order valence-corrected chi connectivity index (χ0v) is 29.5. The maximum Gasteiger partial charge on any atom is 0.250 e. The minimum atomic E-state index is -2.14. The van der Waals surface area contributed by atoms with Crippen LogP contribution in [0.25, 0.3) is 0 Å². The molecule has 1 aromatic carbocycles. The average Bonchev–Trinajstić information content (AvgIpc) is 2.71. The molecule has 4 nitrogen and oxygen atoms in total. The van der Waals surface area contributed by atoms with Crippen molar-refractivity contribution in [3.63, 3.8) is 0 Å². The third-order valence-corrected chi connectivity index (χ3v) is 22.5.